The molecule has 0 unspecified atom stereocenters. The van der Waals surface area contributed by atoms with Gasteiger partial charge in [0.15, 0.2) is 0 Å². The van der Waals surface area contributed by atoms with Crippen molar-refractivity contribution in [2.24, 2.45) is 0 Å². The number of rotatable bonds is 4. The standard InChI is InChI=1S/C13H8Cl3NO3/c14-8-4-5-11(16)13(6-8)20-7-9-10(15)2-1-3-12(9)17(18)19/h1-6H,7H2. The van der Waals surface area contributed by atoms with Crippen molar-refractivity contribution in [1.29, 1.82) is 0 Å². The summed E-state index contributed by atoms with van der Waals surface area (Å²) in [6.45, 7) is -0.0734. The normalized spacial score (nSPS) is 10.3. The Morgan fingerprint density at radius 1 is 1.10 bits per heavy atom. The van der Waals surface area contributed by atoms with E-state index < -0.39 is 4.92 Å². The number of nitro groups is 1. The number of nitrogens with zero attached hydrogens (tertiary/aromatic N) is 1. The molecule has 0 bridgehead atoms. The fraction of sp³-hybridized carbons (Fsp3) is 0.0769. The summed E-state index contributed by atoms with van der Waals surface area (Å²) in [4.78, 5) is 10.4. The lowest BCUT2D eigenvalue weighted by molar-refractivity contribution is -0.385. The summed E-state index contributed by atoms with van der Waals surface area (Å²) < 4.78 is 5.47. The summed E-state index contributed by atoms with van der Waals surface area (Å²) in [6, 6.07) is 9.18. The first-order chi connectivity index (χ1) is 9.49. The maximum Gasteiger partial charge on any atom is 0.277 e. The van der Waals surface area contributed by atoms with Gasteiger partial charge >= 0.3 is 0 Å². The highest BCUT2D eigenvalue weighted by Crippen LogP contribution is 2.31. The second-order valence-corrected chi connectivity index (χ2v) is 5.11. The van der Waals surface area contributed by atoms with Gasteiger partial charge in [-0.2, -0.15) is 0 Å². The number of hydrogen-bond acceptors (Lipinski definition) is 3. The highest BCUT2D eigenvalue weighted by atomic mass is 35.5. The predicted molar refractivity (Wildman–Crippen MR) is 78.9 cm³/mol. The lowest BCUT2D eigenvalue weighted by Gasteiger charge is -2.10. The third-order valence-corrected chi connectivity index (χ3v) is 3.46. The Hall–Kier alpha value is -1.49. The van der Waals surface area contributed by atoms with Gasteiger partial charge in [0.2, 0.25) is 0 Å². The van der Waals surface area contributed by atoms with Crippen molar-refractivity contribution in [1.82, 2.24) is 0 Å². The van der Waals surface area contributed by atoms with Crippen LogP contribution in [0.4, 0.5) is 5.69 Å². The Bertz CT molecular complexity index is 661. The topological polar surface area (TPSA) is 52.4 Å². The first kappa shape index (κ1) is 14.9. The largest absolute Gasteiger partial charge is 0.487 e. The molecule has 0 atom stereocenters. The zero-order chi connectivity index (χ0) is 14.7. The van der Waals surface area contributed by atoms with Crippen molar-refractivity contribution in [3.05, 3.63) is 67.1 Å². The highest BCUT2D eigenvalue weighted by Gasteiger charge is 2.17. The minimum absolute atomic E-state index is 0.0734. The van der Waals surface area contributed by atoms with Gasteiger partial charge < -0.3 is 4.74 Å². The van der Waals surface area contributed by atoms with E-state index in [1.807, 2.05) is 0 Å². The molecule has 2 rings (SSSR count). The monoisotopic (exact) mass is 331 g/mol. The number of hydrogen-bond donors (Lipinski definition) is 0. The summed E-state index contributed by atoms with van der Waals surface area (Å²) in [5.74, 6) is 0.341. The van der Waals surface area contributed by atoms with E-state index in [2.05, 4.69) is 0 Å². The molecule has 0 aliphatic rings. The maximum atomic E-state index is 11.0. The van der Waals surface area contributed by atoms with Gasteiger partial charge in [0.05, 0.1) is 20.5 Å². The molecule has 0 spiro atoms. The molecule has 0 saturated carbocycles. The van der Waals surface area contributed by atoms with Crippen molar-refractivity contribution >= 4 is 40.5 Å². The van der Waals surface area contributed by atoms with E-state index >= 15 is 0 Å². The van der Waals surface area contributed by atoms with E-state index in [0.29, 0.717) is 15.8 Å². The molecule has 2 aromatic rings. The Morgan fingerprint density at radius 2 is 1.85 bits per heavy atom. The van der Waals surface area contributed by atoms with Crippen LogP contribution >= 0.6 is 34.8 Å². The molecule has 104 valence electrons. The van der Waals surface area contributed by atoms with Crippen LogP contribution in [0.15, 0.2) is 36.4 Å². The average molecular weight is 333 g/mol. The molecule has 0 saturated heterocycles. The molecule has 2 aromatic carbocycles. The fourth-order valence-electron chi connectivity index (χ4n) is 1.60. The van der Waals surface area contributed by atoms with E-state index in [4.69, 9.17) is 39.5 Å². The minimum atomic E-state index is -0.510. The van der Waals surface area contributed by atoms with Gasteiger partial charge in [0.1, 0.15) is 12.4 Å². The van der Waals surface area contributed by atoms with E-state index in [-0.39, 0.29) is 22.9 Å². The van der Waals surface area contributed by atoms with E-state index in [1.165, 1.54) is 18.2 Å². The summed E-state index contributed by atoms with van der Waals surface area (Å²) in [5, 5.41) is 12.0. The van der Waals surface area contributed by atoms with E-state index in [1.54, 1.807) is 18.2 Å². The highest BCUT2D eigenvalue weighted by molar-refractivity contribution is 6.34. The predicted octanol–water partition coefficient (Wildman–Crippen LogP) is 5.13. The molecule has 0 aromatic heterocycles. The van der Waals surface area contributed by atoms with Crippen LogP contribution in [0.5, 0.6) is 5.75 Å². The summed E-state index contributed by atoms with van der Waals surface area (Å²) in [5.41, 5.74) is 0.186. The summed E-state index contributed by atoms with van der Waals surface area (Å²) in [7, 11) is 0. The van der Waals surface area contributed by atoms with Gasteiger partial charge in [-0.15, -0.1) is 0 Å². The third-order valence-electron chi connectivity index (χ3n) is 2.56. The Balaban J connectivity index is 2.27. The second-order valence-electron chi connectivity index (χ2n) is 3.86. The van der Waals surface area contributed by atoms with E-state index in [0.717, 1.165) is 0 Å². The zero-order valence-electron chi connectivity index (χ0n) is 9.98. The van der Waals surface area contributed by atoms with Gasteiger partial charge in [-0.1, -0.05) is 40.9 Å². The molecule has 4 nitrogen and oxygen atoms in total. The van der Waals surface area contributed by atoms with Gasteiger partial charge in [-0.3, -0.25) is 10.1 Å². The van der Waals surface area contributed by atoms with Crippen molar-refractivity contribution < 1.29 is 9.66 Å². The van der Waals surface area contributed by atoms with Crippen molar-refractivity contribution in [2.75, 3.05) is 0 Å². The van der Waals surface area contributed by atoms with Gasteiger partial charge in [0, 0.05) is 17.2 Å². The Morgan fingerprint density at radius 3 is 2.55 bits per heavy atom. The van der Waals surface area contributed by atoms with Crippen molar-refractivity contribution in [3.63, 3.8) is 0 Å². The lowest BCUT2D eigenvalue weighted by atomic mass is 10.2. The first-order valence-corrected chi connectivity index (χ1v) is 6.62. The average Bonchev–Trinajstić information content (AvgIpc) is 2.40. The van der Waals surface area contributed by atoms with E-state index in [9.17, 15) is 10.1 Å². The quantitative estimate of drug-likeness (QED) is 0.576. The zero-order valence-corrected chi connectivity index (χ0v) is 12.2. The molecule has 20 heavy (non-hydrogen) atoms. The minimum Gasteiger partial charge on any atom is -0.487 e. The Labute approximate surface area is 130 Å². The van der Waals surface area contributed by atoms with Gasteiger partial charge in [-0.05, 0) is 18.2 Å². The lowest BCUT2D eigenvalue weighted by Crippen LogP contribution is -2.01. The van der Waals surface area contributed by atoms with Crippen LogP contribution in [-0.4, -0.2) is 4.92 Å². The van der Waals surface area contributed by atoms with Gasteiger partial charge in [-0.25, -0.2) is 0 Å². The fourth-order valence-corrected chi connectivity index (χ4v) is 2.16. The molecule has 0 amide bonds. The van der Waals surface area contributed by atoms with Crippen LogP contribution < -0.4 is 4.74 Å². The summed E-state index contributed by atoms with van der Waals surface area (Å²) in [6.07, 6.45) is 0. The molecular weight excluding hydrogens is 325 g/mol. The van der Waals surface area contributed by atoms with Crippen LogP contribution in [0, 0.1) is 10.1 Å². The third kappa shape index (κ3) is 3.33. The number of benzene rings is 2. The molecule has 0 aliphatic carbocycles. The van der Waals surface area contributed by atoms with Crippen LogP contribution in [0.2, 0.25) is 15.1 Å². The molecule has 0 N–H and O–H groups in total. The number of halogens is 3. The van der Waals surface area contributed by atoms with Crippen LogP contribution in [-0.2, 0) is 6.61 Å². The molecule has 0 aliphatic heterocycles. The molecular formula is C13H8Cl3NO3. The van der Waals surface area contributed by atoms with Crippen LogP contribution in [0.3, 0.4) is 0 Å². The maximum absolute atomic E-state index is 11.0. The second kappa shape index (κ2) is 6.31. The molecule has 0 heterocycles. The Kier molecular flexibility index (Phi) is 4.70. The molecule has 7 heteroatoms. The number of ether oxygens (including phenoxy) is 1. The smallest absolute Gasteiger partial charge is 0.277 e. The van der Waals surface area contributed by atoms with Crippen molar-refractivity contribution in [3.8, 4) is 5.75 Å². The first-order valence-electron chi connectivity index (χ1n) is 5.48. The van der Waals surface area contributed by atoms with Crippen LogP contribution in [0.1, 0.15) is 5.56 Å². The van der Waals surface area contributed by atoms with Gasteiger partial charge in [0.25, 0.3) is 5.69 Å². The molecule has 0 radical (unpaired) electrons. The van der Waals surface area contributed by atoms with Crippen molar-refractivity contribution in [2.45, 2.75) is 6.61 Å². The molecule has 0 fully saturated rings. The van der Waals surface area contributed by atoms with Crippen LogP contribution in [0.25, 0.3) is 0 Å². The summed E-state index contributed by atoms with van der Waals surface area (Å²) >= 11 is 17.8. The SMILES string of the molecule is O=[N+]([O-])c1cccc(Cl)c1COc1cc(Cl)ccc1Cl. The number of nitro benzene ring substituents is 1.